The summed E-state index contributed by atoms with van der Waals surface area (Å²) < 4.78 is 0. The molecule has 0 aliphatic rings. The van der Waals surface area contributed by atoms with Crippen LogP contribution in [-0.2, 0) is 6.54 Å². The van der Waals surface area contributed by atoms with Gasteiger partial charge in [0.25, 0.3) is 0 Å². The van der Waals surface area contributed by atoms with Gasteiger partial charge in [0, 0.05) is 6.54 Å². The van der Waals surface area contributed by atoms with Gasteiger partial charge in [0.1, 0.15) is 17.4 Å². The third-order valence-electron chi connectivity index (χ3n) is 1.82. The van der Waals surface area contributed by atoms with E-state index in [1.54, 1.807) is 6.07 Å². The lowest BCUT2D eigenvalue weighted by Crippen LogP contribution is -2.07. The van der Waals surface area contributed by atoms with E-state index in [9.17, 15) is 9.90 Å². The van der Waals surface area contributed by atoms with E-state index in [0.29, 0.717) is 5.56 Å². The fraction of sp³-hybridized carbons (Fsp3) is 0.111. The maximum atomic E-state index is 10.7. The summed E-state index contributed by atoms with van der Waals surface area (Å²) in [5.41, 5.74) is 5.25. The van der Waals surface area contributed by atoms with Crippen molar-refractivity contribution in [2.45, 2.75) is 6.54 Å². The number of rotatable bonds is 2. The number of benzene rings is 1. The monoisotopic (exact) mass is 192 g/mol. The Kier molecular flexibility index (Phi) is 2.70. The summed E-state index contributed by atoms with van der Waals surface area (Å²) in [7, 11) is 0. The van der Waals surface area contributed by atoms with Crippen LogP contribution in [0.15, 0.2) is 12.1 Å². The van der Waals surface area contributed by atoms with Crippen LogP contribution in [0.5, 0.6) is 5.75 Å². The molecule has 0 fully saturated rings. The van der Waals surface area contributed by atoms with Gasteiger partial charge in [-0.2, -0.15) is 5.26 Å². The van der Waals surface area contributed by atoms with Gasteiger partial charge in [-0.05, 0) is 11.6 Å². The number of hydrogen-bond donors (Lipinski definition) is 3. The number of carboxylic acid groups (broad SMARTS) is 1. The van der Waals surface area contributed by atoms with Crippen LogP contribution in [0.2, 0.25) is 0 Å². The van der Waals surface area contributed by atoms with E-state index in [1.165, 1.54) is 12.1 Å². The van der Waals surface area contributed by atoms with Gasteiger partial charge in [-0.3, -0.25) is 0 Å². The van der Waals surface area contributed by atoms with Gasteiger partial charge in [0.2, 0.25) is 0 Å². The molecule has 1 aromatic carbocycles. The van der Waals surface area contributed by atoms with E-state index in [1.807, 2.05) is 0 Å². The lowest BCUT2D eigenvalue weighted by molar-refractivity contribution is 0.0693. The van der Waals surface area contributed by atoms with Crippen LogP contribution in [0, 0.1) is 11.3 Å². The van der Waals surface area contributed by atoms with Gasteiger partial charge in [-0.15, -0.1) is 0 Å². The molecule has 0 amide bonds. The predicted octanol–water partition coefficient (Wildman–Crippen LogP) is 0.421. The van der Waals surface area contributed by atoms with Crippen molar-refractivity contribution in [2.24, 2.45) is 5.73 Å². The van der Waals surface area contributed by atoms with Gasteiger partial charge in [-0.25, -0.2) is 4.79 Å². The highest BCUT2D eigenvalue weighted by atomic mass is 16.4. The molecule has 14 heavy (non-hydrogen) atoms. The third-order valence-corrected chi connectivity index (χ3v) is 1.82. The summed E-state index contributed by atoms with van der Waals surface area (Å²) in [5.74, 6) is -1.76. The zero-order chi connectivity index (χ0) is 10.7. The number of carboxylic acids is 1. The molecule has 0 saturated heterocycles. The van der Waals surface area contributed by atoms with E-state index in [0.717, 1.165) is 0 Å². The molecule has 4 N–H and O–H groups in total. The second kappa shape index (κ2) is 3.77. The average molecular weight is 192 g/mol. The molecule has 1 rings (SSSR count). The van der Waals surface area contributed by atoms with E-state index in [-0.39, 0.29) is 12.1 Å². The van der Waals surface area contributed by atoms with Gasteiger partial charge < -0.3 is 15.9 Å². The standard InChI is InChI=1S/C9H8N2O3/c10-3-5-1-2-7(12)8(9(13)14)6(5)4-11/h1-2,12H,3,10H2,(H,13,14). The van der Waals surface area contributed by atoms with E-state index < -0.39 is 17.3 Å². The Balaban J connectivity index is 3.53. The van der Waals surface area contributed by atoms with Crippen LogP contribution in [0.4, 0.5) is 0 Å². The first-order chi connectivity index (χ1) is 6.61. The van der Waals surface area contributed by atoms with Crippen molar-refractivity contribution >= 4 is 5.97 Å². The topological polar surface area (TPSA) is 107 Å². The molecule has 1 aromatic rings. The molecule has 0 unspecified atom stereocenters. The zero-order valence-corrected chi connectivity index (χ0v) is 7.19. The van der Waals surface area contributed by atoms with Crippen LogP contribution in [0.25, 0.3) is 0 Å². The molecular formula is C9H8N2O3. The number of nitrogens with zero attached hydrogens (tertiary/aromatic N) is 1. The maximum absolute atomic E-state index is 10.7. The summed E-state index contributed by atoms with van der Waals surface area (Å²) in [4.78, 5) is 10.7. The quantitative estimate of drug-likeness (QED) is 0.629. The van der Waals surface area contributed by atoms with Crippen molar-refractivity contribution in [2.75, 3.05) is 0 Å². The summed E-state index contributed by atoms with van der Waals surface area (Å²) >= 11 is 0. The smallest absolute Gasteiger partial charge is 0.340 e. The molecule has 0 heterocycles. The Hall–Kier alpha value is -2.06. The number of carbonyl (C=O) groups is 1. The molecule has 72 valence electrons. The predicted molar refractivity (Wildman–Crippen MR) is 47.7 cm³/mol. The largest absolute Gasteiger partial charge is 0.507 e. The van der Waals surface area contributed by atoms with Crippen LogP contribution < -0.4 is 5.73 Å². The number of phenols is 1. The second-order valence-corrected chi connectivity index (χ2v) is 2.61. The fourth-order valence-electron chi connectivity index (χ4n) is 1.15. The van der Waals surface area contributed by atoms with Crippen molar-refractivity contribution in [1.82, 2.24) is 0 Å². The molecule has 0 radical (unpaired) electrons. The van der Waals surface area contributed by atoms with Gasteiger partial charge >= 0.3 is 5.97 Å². The molecule has 5 heteroatoms. The normalized spacial score (nSPS) is 9.43. The Labute approximate surface area is 80.0 Å². The Morgan fingerprint density at radius 2 is 2.21 bits per heavy atom. The molecule has 0 atom stereocenters. The highest BCUT2D eigenvalue weighted by Crippen LogP contribution is 2.23. The van der Waals surface area contributed by atoms with Crippen LogP contribution >= 0.6 is 0 Å². The van der Waals surface area contributed by atoms with E-state index in [2.05, 4.69) is 0 Å². The van der Waals surface area contributed by atoms with Crippen molar-refractivity contribution < 1.29 is 15.0 Å². The molecule has 5 nitrogen and oxygen atoms in total. The molecule has 0 aliphatic carbocycles. The second-order valence-electron chi connectivity index (χ2n) is 2.61. The number of aromatic hydroxyl groups is 1. The molecule has 0 aliphatic heterocycles. The summed E-state index contributed by atoms with van der Waals surface area (Å²) in [6, 6.07) is 4.36. The zero-order valence-electron chi connectivity index (χ0n) is 7.19. The third kappa shape index (κ3) is 1.51. The van der Waals surface area contributed by atoms with Crippen molar-refractivity contribution in [3.05, 3.63) is 28.8 Å². The lowest BCUT2D eigenvalue weighted by atomic mass is 10.0. The maximum Gasteiger partial charge on any atom is 0.340 e. The average Bonchev–Trinajstić information content (AvgIpc) is 2.16. The van der Waals surface area contributed by atoms with Crippen LogP contribution in [0.1, 0.15) is 21.5 Å². The number of aromatic carboxylic acids is 1. The molecule has 0 bridgehead atoms. The number of nitrogens with two attached hydrogens (primary N) is 1. The minimum Gasteiger partial charge on any atom is -0.507 e. The number of hydrogen-bond acceptors (Lipinski definition) is 4. The highest BCUT2D eigenvalue weighted by molar-refractivity contribution is 5.94. The van der Waals surface area contributed by atoms with E-state index >= 15 is 0 Å². The molecule has 0 aromatic heterocycles. The fourth-order valence-corrected chi connectivity index (χ4v) is 1.15. The van der Waals surface area contributed by atoms with Gasteiger partial charge in [0.15, 0.2) is 0 Å². The minimum atomic E-state index is -1.34. The Morgan fingerprint density at radius 1 is 1.57 bits per heavy atom. The van der Waals surface area contributed by atoms with Crippen molar-refractivity contribution in [3.8, 4) is 11.8 Å². The van der Waals surface area contributed by atoms with Gasteiger partial charge in [-0.1, -0.05) is 6.07 Å². The molecule has 0 saturated carbocycles. The van der Waals surface area contributed by atoms with Crippen LogP contribution in [-0.4, -0.2) is 16.2 Å². The first-order valence-electron chi connectivity index (χ1n) is 3.80. The summed E-state index contributed by atoms with van der Waals surface area (Å²) in [6.45, 7) is 0.0590. The first kappa shape index (κ1) is 10.0. The minimum absolute atomic E-state index is 0.0590. The highest BCUT2D eigenvalue weighted by Gasteiger charge is 2.17. The van der Waals surface area contributed by atoms with Crippen molar-refractivity contribution in [1.29, 1.82) is 5.26 Å². The lowest BCUT2D eigenvalue weighted by Gasteiger charge is -2.05. The summed E-state index contributed by atoms with van der Waals surface area (Å²) in [5, 5.41) is 26.7. The first-order valence-corrected chi connectivity index (χ1v) is 3.80. The summed E-state index contributed by atoms with van der Waals surface area (Å²) in [6.07, 6.45) is 0. The van der Waals surface area contributed by atoms with Crippen LogP contribution in [0.3, 0.4) is 0 Å². The van der Waals surface area contributed by atoms with E-state index in [4.69, 9.17) is 16.1 Å². The van der Waals surface area contributed by atoms with Crippen molar-refractivity contribution in [3.63, 3.8) is 0 Å². The molecular weight excluding hydrogens is 184 g/mol. The SMILES string of the molecule is N#Cc1c(CN)ccc(O)c1C(=O)O. The Bertz CT molecular complexity index is 421. The molecule has 0 spiro atoms. The number of nitriles is 1. The van der Waals surface area contributed by atoms with Gasteiger partial charge in [0.05, 0.1) is 5.56 Å². The Morgan fingerprint density at radius 3 is 2.64 bits per heavy atom.